The predicted octanol–water partition coefficient (Wildman–Crippen LogP) is 3.71. The van der Waals surface area contributed by atoms with Gasteiger partial charge in [-0.25, -0.2) is 9.98 Å². The summed E-state index contributed by atoms with van der Waals surface area (Å²) in [6, 6.07) is 22.7. The maximum absolute atomic E-state index is 13.5. The Kier molecular flexibility index (Phi) is 4.63. The minimum atomic E-state index is -0.438. The average Bonchev–Trinajstić information content (AvgIpc) is 3.08. The van der Waals surface area contributed by atoms with Gasteiger partial charge in [-0.05, 0) is 42.8 Å². The Labute approximate surface area is 183 Å². The quantitative estimate of drug-likeness (QED) is 0.510. The van der Waals surface area contributed by atoms with Gasteiger partial charge in [0, 0.05) is 5.56 Å². The van der Waals surface area contributed by atoms with Gasteiger partial charge in [0.2, 0.25) is 0 Å². The fraction of sp³-hybridized carbons (Fsp3) is 0.0400. The average molecular weight is 422 g/mol. The fourth-order valence-electron chi connectivity index (χ4n) is 3.67. The van der Waals surface area contributed by atoms with Gasteiger partial charge in [-0.1, -0.05) is 54.6 Å². The Morgan fingerprint density at radius 2 is 1.56 bits per heavy atom. The monoisotopic (exact) mass is 422 g/mol. The second-order valence-electron chi connectivity index (χ2n) is 7.33. The third-order valence-corrected chi connectivity index (χ3v) is 5.18. The molecular formula is C25H18N4O3. The number of phenolic OH excluding ortho intramolecular Hbond substituents is 1. The number of amides is 1. The van der Waals surface area contributed by atoms with Crippen LogP contribution in [-0.2, 0) is 4.79 Å². The van der Waals surface area contributed by atoms with E-state index in [0.29, 0.717) is 33.7 Å². The van der Waals surface area contributed by atoms with E-state index in [1.807, 2.05) is 36.4 Å². The van der Waals surface area contributed by atoms with Gasteiger partial charge < -0.3 is 5.11 Å². The van der Waals surface area contributed by atoms with Gasteiger partial charge in [-0.15, -0.1) is 0 Å². The van der Waals surface area contributed by atoms with Crippen LogP contribution in [0.1, 0.15) is 12.5 Å². The van der Waals surface area contributed by atoms with E-state index in [1.54, 1.807) is 43.3 Å². The molecule has 3 aromatic carbocycles. The van der Waals surface area contributed by atoms with E-state index in [1.165, 1.54) is 21.8 Å². The molecule has 0 atom stereocenters. The molecule has 0 radical (unpaired) electrons. The first-order valence-corrected chi connectivity index (χ1v) is 10.0. The normalized spacial score (nSPS) is 14.9. The van der Waals surface area contributed by atoms with Gasteiger partial charge in [0.1, 0.15) is 17.3 Å². The van der Waals surface area contributed by atoms with Crippen molar-refractivity contribution in [2.75, 3.05) is 5.01 Å². The summed E-state index contributed by atoms with van der Waals surface area (Å²) in [6.07, 6.45) is 1.62. The third kappa shape index (κ3) is 3.26. The largest absolute Gasteiger partial charge is 0.508 e. The van der Waals surface area contributed by atoms with Gasteiger partial charge in [-0.3, -0.25) is 9.59 Å². The SMILES string of the molecule is CC1=N/C(=C/c2ccc(O)cc2)C(=O)N1n1c(-c2ccccc2)nc2ccccc2c1=O. The Morgan fingerprint density at radius 3 is 2.31 bits per heavy atom. The molecule has 2 heterocycles. The second kappa shape index (κ2) is 7.63. The molecule has 0 unspecified atom stereocenters. The van der Waals surface area contributed by atoms with Gasteiger partial charge in [-0.2, -0.15) is 9.69 Å². The number of aromatic nitrogens is 2. The van der Waals surface area contributed by atoms with Crippen molar-refractivity contribution in [3.63, 3.8) is 0 Å². The first-order valence-electron chi connectivity index (χ1n) is 10.0. The van der Waals surface area contributed by atoms with E-state index in [0.717, 1.165) is 0 Å². The number of nitrogens with zero attached hydrogens (tertiary/aromatic N) is 4. The van der Waals surface area contributed by atoms with Crippen LogP contribution < -0.4 is 10.6 Å². The molecule has 0 saturated carbocycles. The van der Waals surface area contributed by atoms with Gasteiger partial charge in [0.25, 0.3) is 11.5 Å². The molecule has 5 rings (SSSR count). The molecule has 156 valence electrons. The molecule has 7 heteroatoms. The van der Waals surface area contributed by atoms with Crippen LogP contribution in [0.2, 0.25) is 0 Å². The molecule has 0 saturated heterocycles. The summed E-state index contributed by atoms with van der Waals surface area (Å²) >= 11 is 0. The second-order valence-corrected chi connectivity index (χ2v) is 7.33. The van der Waals surface area contributed by atoms with E-state index >= 15 is 0 Å². The van der Waals surface area contributed by atoms with Crippen molar-refractivity contribution < 1.29 is 9.90 Å². The summed E-state index contributed by atoms with van der Waals surface area (Å²) in [5.74, 6) is 0.402. The number of carbonyl (C=O) groups excluding carboxylic acids is 1. The lowest BCUT2D eigenvalue weighted by atomic mass is 10.2. The molecule has 1 aliphatic rings. The lowest BCUT2D eigenvalue weighted by molar-refractivity contribution is -0.115. The summed E-state index contributed by atoms with van der Waals surface area (Å²) < 4.78 is 1.29. The van der Waals surface area contributed by atoms with Crippen LogP contribution in [0.5, 0.6) is 5.75 Å². The number of rotatable bonds is 3. The highest BCUT2D eigenvalue weighted by Crippen LogP contribution is 2.23. The zero-order chi connectivity index (χ0) is 22.2. The topological polar surface area (TPSA) is 87.8 Å². The highest BCUT2D eigenvalue weighted by molar-refractivity contribution is 6.23. The van der Waals surface area contributed by atoms with Gasteiger partial charge in [0.15, 0.2) is 5.82 Å². The van der Waals surface area contributed by atoms with Crippen molar-refractivity contribution in [2.24, 2.45) is 4.99 Å². The van der Waals surface area contributed by atoms with Crippen molar-refractivity contribution in [3.05, 3.63) is 100 Å². The van der Waals surface area contributed by atoms with Gasteiger partial charge in [0.05, 0.1) is 10.9 Å². The summed E-state index contributed by atoms with van der Waals surface area (Å²) in [5.41, 5.74) is 1.79. The Bertz CT molecular complexity index is 1470. The first kappa shape index (κ1) is 19.4. The summed E-state index contributed by atoms with van der Waals surface area (Å²) in [5, 5.41) is 11.2. The van der Waals surface area contributed by atoms with Crippen molar-refractivity contribution in [1.29, 1.82) is 0 Å². The molecular weight excluding hydrogens is 404 g/mol. The maximum Gasteiger partial charge on any atom is 0.297 e. The van der Waals surface area contributed by atoms with E-state index in [4.69, 9.17) is 4.98 Å². The predicted molar refractivity (Wildman–Crippen MR) is 124 cm³/mol. The van der Waals surface area contributed by atoms with Crippen LogP contribution in [0.3, 0.4) is 0 Å². The van der Waals surface area contributed by atoms with Crippen molar-refractivity contribution in [3.8, 4) is 17.1 Å². The number of fused-ring (bicyclic) bond motifs is 1. The molecule has 1 amide bonds. The highest BCUT2D eigenvalue weighted by atomic mass is 16.3. The number of amidine groups is 1. The Balaban J connectivity index is 1.70. The molecule has 7 nitrogen and oxygen atoms in total. The van der Waals surface area contributed by atoms with Crippen molar-refractivity contribution in [1.82, 2.24) is 9.66 Å². The van der Waals surface area contributed by atoms with Crippen molar-refractivity contribution in [2.45, 2.75) is 6.92 Å². The molecule has 0 fully saturated rings. The number of hydrogen-bond donors (Lipinski definition) is 1. The maximum atomic E-state index is 13.5. The zero-order valence-corrected chi connectivity index (χ0v) is 17.1. The molecule has 1 aromatic heterocycles. The molecule has 0 spiro atoms. The number of phenols is 1. The van der Waals surface area contributed by atoms with Gasteiger partial charge >= 0.3 is 0 Å². The van der Waals surface area contributed by atoms with E-state index in [9.17, 15) is 14.7 Å². The molecule has 32 heavy (non-hydrogen) atoms. The lowest BCUT2D eigenvalue weighted by Gasteiger charge is -2.22. The van der Waals surface area contributed by atoms with E-state index in [2.05, 4.69) is 4.99 Å². The van der Waals surface area contributed by atoms with Crippen LogP contribution in [0.4, 0.5) is 0 Å². The third-order valence-electron chi connectivity index (χ3n) is 5.18. The van der Waals surface area contributed by atoms with Crippen LogP contribution in [-0.4, -0.2) is 26.5 Å². The molecule has 4 aromatic rings. The zero-order valence-electron chi connectivity index (χ0n) is 17.1. The lowest BCUT2D eigenvalue weighted by Crippen LogP contribution is -2.47. The number of carbonyl (C=O) groups is 1. The summed E-state index contributed by atoms with van der Waals surface area (Å²) in [4.78, 5) is 36.0. The first-order chi connectivity index (χ1) is 15.5. The van der Waals surface area contributed by atoms with E-state index < -0.39 is 5.91 Å². The van der Waals surface area contributed by atoms with Crippen LogP contribution in [0.25, 0.3) is 28.4 Å². The number of para-hydroxylation sites is 1. The van der Waals surface area contributed by atoms with Crippen LogP contribution in [0.15, 0.2) is 94.3 Å². The number of hydrogen-bond acceptors (Lipinski definition) is 5. The smallest absolute Gasteiger partial charge is 0.297 e. The Hall–Kier alpha value is -4.52. The van der Waals surface area contributed by atoms with E-state index in [-0.39, 0.29) is 17.0 Å². The molecule has 1 N–H and O–H groups in total. The minimum absolute atomic E-state index is 0.132. The van der Waals surface area contributed by atoms with Crippen LogP contribution >= 0.6 is 0 Å². The van der Waals surface area contributed by atoms with Crippen LogP contribution in [0, 0.1) is 0 Å². The van der Waals surface area contributed by atoms with Crippen molar-refractivity contribution >= 4 is 28.7 Å². The standard InChI is InChI=1S/C25H18N4O3/c1-16-26-22(15-17-11-13-19(30)14-12-17)25(32)28(16)29-23(18-7-3-2-4-8-18)27-21-10-6-5-9-20(21)24(29)31/h2-15,30H,1H3/b22-15+. The Morgan fingerprint density at radius 1 is 0.875 bits per heavy atom. The number of aliphatic imine (C=N–C) groups is 1. The molecule has 1 aliphatic heterocycles. The molecule has 0 bridgehead atoms. The fourth-order valence-corrected chi connectivity index (χ4v) is 3.67. The summed E-state index contributed by atoms with van der Waals surface area (Å²) in [7, 11) is 0. The number of benzene rings is 3. The highest BCUT2D eigenvalue weighted by Gasteiger charge is 2.32. The molecule has 0 aliphatic carbocycles. The minimum Gasteiger partial charge on any atom is -0.508 e. The number of aromatic hydroxyl groups is 1. The summed E-state index contributed by atoms with van der Waals surface area (Å²) in [6.45, 7) is 1.67.